The number of hydrogen-bond acceptors (Lipinski definition) is 6. The monoisotopic (exact) mass is 257 g/mol. The first-order valence-electron chi connectivity index (χ1n) is 5.23. The summed E-state index contributed by atoms with van der Waals surface area (Å²) in [4.78, 5) is 26.6. The summed E-state index contributed by atoms with van der Waals surface area (Å²) >= 11 is 1.47. The maximum absolute atomic E-state index is 11.3. The molecule has 1 rings (SSSR count). The second-order valence-electron chi connectivity index (χ2n) is 3.73. The Morgan fingerprint density at radius 1 is 1.41 bits per heavy atom. The van der Waals surface area contributed by atoms with Crippen LogP contribution in [0.3, 0.4) is 0 Å². The van der Waals surface area contributed by atoms with E-state index in [1.54, 1.807) is 19.2 Å². The molecule has 0 fully saturated rings. The van der Waals surface area contributed by atoms with Gasteiger partial charge in [-0.25, -0.2) is 9.78 Å². The normalized spacial score (nSPS) is 10.4. The standard InChI is InChI=1S/C11H15NO4S/c1-7(2)16-11(14)5-15-10(13)4-9-6-17-8(3)12-9/h6-7H,4-5H2,1-3H3. The van der Waals surface area contributed by atoms with E-state index < -0.39 is 11.9 Å². The molecule has 94 valence electrons. The van der Waals surface area contributed by atoms with E-state index in [0.717, 1.165) is 5.01 Å². The van der Waals surface area contributed by atoms with Gasteiger partial charge in [-0.05, 0) is 20.8 Å². The van der Waals surface area contributed by atoms with Crippen LogP contribution in [-0.2, 0) is 25.5 Å². The first-order chi connectivity index (χ1) is 7.97. The minimum absolute atomic E-state index is 0.0826. The quantitative estimate of drug-likeness (QED) is 0.748. The molecular formula is C11H15NO4S. The van der Waals surface area contributed by atoms with Crippen molar-refractivity contribution < 1.29 is 19.1 Å². The van der Waals surface area contributed by atoms with Crippen LogP contribution in [0.25, 0.3) is 0 Å². The number of rotatable bonds is 5. The molecule has 5 nitrogen and oxygen atoms in total. The molecule has 0 amide bonds. The maximum Gasteiger partial charge on any atom is 0.344 e. The fraction of sp³-hybridized carbons (Fsp3) is 0.545. The van der Waals surface area contributed by atoms with E-state index in [2.05, 4.69) is 4.98 Å². The molecule has 0 aromatic carbocycles. The summed E-state index contributed by atoms with van der Waals surface area (Å²) in [6, 6.07) is 0. The molecule has 0 spiro atoms. The van der Waals surface area contributed by atoms with Gasteiger partial charge in [-0.3, -0.25) is 4.79 Å². The van der Waals surface area contributed by atoms with Crippen LogP contribution in [0.4, 0.5) is 0 Å². The number of nitrogens with zero attached hydrogens (tertiary/aromatic N) is 1. The lowest BCUT2D eigenvalue weighted by atomic mass is 10.3. The summed E-state index contributed by atoms with van der Waals surface area (Å²) in [5, 5.41) is 2.69. The molecule has 0 N–H and O–H groups in total. The number of aromatic nitrogens is 1. The molecule has 0 aliphatic heterocycles. The summed E-state index contributed by atoms with van der Waals surface area (Å²) in [6.07, 6.45) is -0.123. The van der Waals surface area contributed by atoms with Gasteiger partial charge in [0.1, 0.15) is 0 Å². The average molecular weight is 257 g/mol. The van der Waals surface area contributed by atoms with Crippen molar-refractivity contribution in [3.8, 4) is 0 Å². The van der Waals surface area contributed by atoms with Gasteiger partial charge in [0, 0.05) is 5.38 Å². The predicted octanol–water partition coefficient (Wildman–Crippen LogP) is 1.49. The first-order valence-corrected chi connectivity index (χ1v) is 6.11. The Hall–Kier alpha value is -1.43. The molecule has 1 heterocycles. The van der Waals surface area contributed by atoms with Gasteiger partial charge in [-0.15, -0.1) is 11.3 Å². The summed E-state index contributed by atoms with van der Waals surface area (Å²) in [6.45, 7) is 4.98. The van der Waals surface area contributed by atoms with E-state index >= 15 is 0 Å². The SMILES string of the molecule is Cc1nc(CC(=O)OCC(=O)OC(C)C)cs1. The molecule has 1 aromatic heterocycles. The molecule has 0 saturated heterocycles. The van der Waals surface area contributed by atoms with Crippen molar-refractivity contribution in [2.45, 2.75) is 33.3 Å². The molecular weight excluding hydrogens is 242 g/mol. The third-order valence-electron chi connectivity index (χ3n) is 1.71. The van der Waals surface area contributed by atoms with E-state index in [1.807, 2.05) is 6.92 Å². The zero-order valence-electron chi connectivity index (χ0n) is 10.1. The highest BCUT2D eigenvalue weighted by Gasteiger charge is 2.11. The van der Waals surface area contributed by atoms with Crippen molar-refractivity contribution in [1.29, 1.82) is 0 Å². The number of aryl methyl sites for hydroxylation is 1. The van der Waals surface area contributed by atoms with Crippen LogP contribution in [0, 0.1) is 6.92 Å². The van der Waals surface area contributed by atoms with Crippen LogP contribution in [0.15, 0.2) is 5.38 Å². The third-order valence-corrected chi connectivity index (χ3v) is 2.53. The van der Waals surface area contributed by atoms with Gasteiger partial charge in [0.2, 0.25) is 0 Å². The van der Waals surface area contributed by atoms with Gasteiger partial charge in [0.05, 0.1) is 23.2 Å². The highest BCUT2D eigenvalue weighted by atomic mass is 32.1. The van der Waals surface area contributed by atoms with E-state index in [9.17, 15) is 9.59 Å². The van der Waals surface area contributed by atoms with Crippen LogP contribution in [-0.4, -0.2) is 29.6 Å². The lowest BCUT2D eigenvalue weighted by Crippen LogP contribution is -2.20. The lowest BCUT2D eigenvalue weighted by Gasteiger charge is -2.07. The maximum atomic E-state index is 11.3. The van der Waals surface area contributed by atoms with Gasteiger partial charge in [-0.1, -0.05) is 0 Å². The van der Waals surface area contributed by atoms with Crippen LogP contribution >= 0.6 is 11.3 Å². The molecule has 0 atom stereocenters. The minimum Gasteiger partial charge on any atom is -0.460 e. The molecule has 0 unspecified atom stereocenters. The van der Waals surface area contributed by atoms with E-state index in [0.29, 0.717) is 5.69 Å². The number of thiazole rings is 1. The largest absolute Gasteiger partial charge is 0.460 e. The van der Waals surface area contributed by atoms with Crippen LogP contribution in [0.1, 0.15) is 24.5 Å². The smallest absolute Gasteiger partial charge is 0.344 e. The highest BCUT2D eigenvalue weighted by molar-refractivity contribution is 7.09. The average Bonchev–Trinajstić information content (AvgIpc) is 2.60. The molecule has 17 heavy (non-hydrogen) atoms. The molecule has 0 bridgehead atoms. The van der Waals surface area contributed by atoms with Gasteiger partial charge in [0.15, 0.2) is 6.61 Å². The summed E-state index contributed by atoms with van der Waals surface area (Å²) in [7, 11) is 0. The first kappa shape index (κ1) is 13.6. The zero-order valence-corrected chi connectivity index (χ0v) is 10.9. The topological polar surface area (TPSA) is 65.5 Å². The predicted molar refractivity (Wildman–Crippen MR) is 62.7 cm³/mol. The molecule has 1 aromatic rings. The van der Waals surface area contributed by atoms with E-state index in [4.69, 9.17) is 9.47 Å². The van der Waals surface area contributed by atoms with Crippen LogP contribution in [0.5, 0.6) is 0 Å². The lowest BCUT2D eigenvalue weighted by molar-refractivity contribution is -0.160. The van der Waals surface area contributed by atoms with Crippen molar-refractivity contribution in [2.75, 3.05) is 6.61 Å². The van der Waals surface area contributed by atoms with Crippen molar-refractivity contribution in [2.24, 2.45) is 0 Å². The number of esters is 2. The zero-order chi connectivity index (χ0) is 12.8. The number of carbonyl (C=O) groups is 2. The van der Waals surface area contributed by atoms with E-state index in [1.165, 1.54) is 11.3 Å². The highest BCUT2D eigenvalue weighted by Crippen LogP contribution is 2.08. The number of ether oxygens (including phenoxy) is 2. The van der Waals surface area contributed by atoms with Crippen molar-refractivity contribution in [3.05, 3.63) is 16.1 Å². The molecule has 0 aliphatic rings. The van der Waals surface area contributed by atoms with E-state index in [-0.39, 0.29) is 19.1 Å². The molecule has 6 heteroatoms. The summed E-state index contributed by atoms with van der Waals surface area (Å²) in [5.74, 6) is -1.01. The Kier molecular flexibility index (Phi) is 5.09. The number of hydrogen-bond donors (Lipinski definition) is 0. The second-order valence-corrected chi connectivity index (χ2v) is 4.80. The molecule has 0 radical (unpaired) electrons. The van der Waals surface area contributed by atoms with Crippen molar-refractivity contribution in [3.63, 3.8) is 0 Å². The fourth-order valence-corrected chi connectivity index (χ4v) is 1.74. The Morgan fingerprint density at radius 3 is 2.65 bits per heavy atom. The van der Waals surface area contributed by atoms with Crippen LogP contribution < -0.4 is 0 Å². The minimum atomic E-state index is -0.539. The van der Waals surface area contributed by atoms with Gasteiger partial charge >= 0.3 is 11.9 Å². The Morgan fingerprint density at radius 2 is 2.12 bits per heavy atom. The van der Waals surface area contributed by atoms with Crippen LogP contribution in [0.2, 0.25) is 0 Å². The Bertz CT molecular complexity index is 400. The molecule has 0 saturated carbocycles. The van der Waals surface area contributed by atoms with Gasteiger partial charge < -0.3 is 9.47 Å². The fourth-order valence-electron chi connectivity index (χ4n) is 1.12. The van der Waals surface area contributed by atoms with Crippen molar-refractivity contribution >= 4 is 23.3 Å². The second kappa shape index (κ2) is 6.34. The Balaban J connectivity index is 2.28. The molecule has 0 aliphatic carbocycles. The van der Waals surface area contributed by atoms with Crippen molar-refractivity contribution in [1.82, 2.24) is 4.98 Å². The Labute approximate surface area is 104 Å². The van der Waals surface area contributed by atoms with Gasteiger partial charge in [0.25, 0.3) is 0 Å². The summed E-state index contributed by atoms with van der Waals surface area (Å²) < 4.78 is 9.59. The third kappa shape index (κ3) is 5.44. The van der Waals surface area contributed by atoms with Gasteiger partial charge in [-0.2, -0.15) is 0 Å². The summed E-state index contributed by atoms with van der Waals surface area (Å²) in [5.41, 5.74) is 0.662. The number of carbonyl (C=O) groups excluding carboxylic acids is 2.